The highest BCUT2D eigenvalue weighted by atomic mass is 19.1. The largest absolute Gasteiger partial charge is 0.369 e. The Morgan fingerprint density at radius 2 is 1.87 bits per heavy atom. The molecule has 2 aromatic carbocycles. The summed E-state index contributed by atoms with van der Waals surface area (Å²) < 4.78 is 20.1. The Kier molecular flexibility index (Phi) is 6.12. The smallest absolute Gasteiger partial charge is 0.201 e. The molecule has 6 heteroatoms. The summed E-state index contributed by atoms with van der Waals surface area (Å²) in [6, 6.07) is 15.0. The van der Waals surface area contributed by atoms with E-state index < -0.39 is 0 Å². The van der Waals surface area contributed by atoms with Gasteiger partial charge in [-0.15, -0.1) is 0 Å². The van der Waals surface area contributed by atoms with Crippen LogP contribution < -0.4 is 5.73 Å². The first-order valence-corrected chi connectivity index (χ1v) is 10.5. The number of nitrogens with zero attached hydrogens (tertiary/aromatic N) is 3. The minimum absolute atomic E-state index is 0.215. The van der Waals surface area contributed by atoms with Crippen molar-refractivity contribution in [3.8, 4) is 11.1 Å². The van der Waals surface area contributed by atoms with Crippen molar-refractivity contribution >= 4 is 11.8 Å². The van der Waals surface area contributed by atoms with Gasteiger partial charge in [0.05, 0.1) is 0 Å². The molecule has 1 fully saturated rings. The van der Waals surface area contributed by atoms with Crippen molar-refractivity contribution in [3.05, 3.63) is 71.2 Å². The molecule has 1 aromatic heterocycles. The van der Waals surface area contributed by atoms with Crippen molar-refractivity contribution in [3.63, 3.8) is 0 Å². The molecule has 0 aliphatic carbocycles. The van der Waals surface area contributed by atoms with E-state index >= 15 is 0 Å². The zero-order chi connectivity index (χ0) is 20.9. The Morgan fingerprint density at radius 3 is 2.60 bits per heavy atom. The molecule has 0 bridgehead atoms. The predicted octanol–water partition coefficient (Wildman–Crippen LogP) is 5.01. The minimum Gasteiger partial charge on any atom is -0.369 e. The predicted molar refractivity (Wildman–Crippen MR) is 117 cm³/mol. The van der Waals surface area contributed by atoms with E-state index in [0.29, 0.717) is 30.2 Å². The van der Waals surface area contributed by atoms with Crippen LogP contribution in [0, 0.1) is 12.7 Å². The van der Waals surface area contributed by atoms with Crippen LogP contribution in [-0.4, -0.2) is 29.1 Å². The third-order valence-corrected chi connectivity index (χ3v) is 5.66. The van der Waals surface area contributed by atoms with Crippen LogP contribution in [-0.2, 0) is 12.8 Å². The fourth-order valence-corrected chi connectivity index (χ4v) is 3.82. The van der Waals surface area contributed by atoms with Gasteiger partial charge in [0.1, 0.15) is 11.6 Å². The number of nitrogens with two attached hydrogens (primary N) is 1. The van der Waals surface area contributed by atoms with Gasteiger partial charge in [0.25, 0.3) is 0 Å². The molecule has 1 aliphatic rings. The molecule has 0 radical (unpaired) electrons. The molecule has 5 nitrogen and oxygen atoms in total. The lowest BCUT2D eigenvalue weighted by Crippen LogP contribution is -2.40. The van der Waals surface area contributed by atoms with E-state index in [2.05, 4.69) is 15.0 Å². The average Bonchev–Trinajstić information content (AvgIpc) is 3.12. The number of hydrogen-bond donors (Lipinski definition) is 1. The summed E-state index contributed by atoms with van der Waals surface area (Å²) in [6.07, 6.45) is 4.80. The molecule has 2 N–H and O–H groups in total. The summed E-state index contributed by atoms with van der Waals surface area (Å²) in [5.41, 5.74) is 9.45. The third kappa shape index (κ3) is 4.53. The molecule has 0 atom stereocenters. The van der Waals surface area contributed by atoms with Crippen molar-refractivity contribution in [1.29, 1.82) is 0 Å². The zero-order valence-corrected chi connectivity index (χ0v) is 17.3. The summed E-state index contributed by atoms with van der Waals surface area (Å²) in [7, 11) is 0. The number of guanidine groups is 1. The van der Waals surface area contributed by atoms with Gasteiger partial charge in [-0.05, 0) is 49.8 Å². The maximum Gasteiger partial charge on any atom is 0.201 e. The number of likely N-dealkylation sites (tertiary alicyclic amines) is 1. The van der Waals surface area contributed by atoms with Gasteiger partial charge in [0, 0.05) is 30.6 Å². The minimum atomic E-state index is -0.215. The first-order valence-electron chi connectivity index (χ1n) is 10.5. The van der Waals surface area contributed by atoms with Crippen LogP contribution in [0.2, 0.25) is 0 Å². The number of rotatable bonds is 5. The maximum atomic E-state index is 14.6. The normalized spacial score (nSPS) is 14.9. The molecule has 1 aliphatic heterocycles. The van der Waals surface area contributed by atoms with Crippen LogP contribution in [0.3, 0.4) is 0 Å². The maximum absolute atomic E-state index is 14.6. The van der Waals surface area contributed by atoms with Crippen LogP contribution >= 0.6 is 0 Å². The van der Waals surface area contributed by atoms with Gasteiger partial charge in [0.15, 0.2) is 5.96 Å². The highest BCUT2D eigenvalue weighted by molar-refractivity contribution is 5.81. The molecule has 0 saturated carbocycles. The standard InChI is InChI=1S/C24H27FN4O/c1-17-22(30-28-23(17)27-24(26)29-14-6-3-7-15-29)13-11-18-10-12-20(21(25)16-18)19-8-4-2-5-9-19/h2,4-5,8-10,12,16H,3,6-7,11,13-15H2,1H3,(H2,26,27,28). The van der Waals surface area contributed by atoms with E-state index in [1.807, 2.05) is 49.4 Å². The van der Waals surface area contributed by atoms with Crippen molar-refractivity contribution in [1.82, 2.24) is 10.1 Å². The lowest BCUT2D eigenvalue weighted by Gasteiger charge is -2.27. The van der Waals surface area contributed by atoms with Gasteiger partial charge in [-0.3, -0.25) is 0 Å². The second-order valence-electron chi connectivity index (χ2n) is 7.75. The second-order valence-corrected chi connectivity index (χ2v) is 7.75. The van der Waals surface area contributed by atoms with Gasteiger partial charge in [-0.25, -0.2) is 4.39 Å². The highest BCUT2D eigenvalue weighted by Gasteiger charge is 2.16. The van der Waals surface area contributed by atoms with Gasteiger partial charge in [-0.2, -0.15) is 4.99 Å². The van der Waals surface area contributed by atoms with Gasteiger partial charge in [0.2, 0.25) is 5.82 Å². The lowest BCUT2D eigenvalue weighted by molar-refractivity contribution is 0.338. The first-order chi connectivity index (χ1) is 14.6. The molecule has 30 heavy (non-hydrogen) atoms. The summed E-state index contributed by atoms with van der Waals surface area (Å²) in [6.45, 7) is 3.81. The molecule has 0 unspecified atom stereocenters. The van der Waals surface area contributed by atoms with E-state index in [4.69, 9.17) is 10.3 Å². The summed E-state index contributed by atoms with van der Waals surface area (Å²) in [5, 5.41) is 4.09. The van der Waals surface area contributed by atoms with Crippen LogP contribution in [0.25, 0.3) is 11.1 Å². The van der Waals surface area contributed by atoms with E-state index in [9.17, 15) is 4.39 Å². The lowest BCUT2D eigenvalue weighted by atomic mass is 10.0. The Labute approximate surface area is 176 Å². The average molecular weight is 407 g/mol. The van der Waals surface area contributed by atoms with E-state index in [1.165, 1.54) is 6.42 Å². The van der Waals surface area contributed by atoms with E-state index in [0.717, 1.165) is 48.4 Å². The van der Waals surface area contributed by atoms with Crippen molar-refractivity contribution in [2.45, 2.75) is 39.0 Å². The number of benzene rings is 2. The molecule has 3 aromatic rings. The molecular weight excluding hydrogens is 379 g/mol. The Hall–Kier alpha value is -3.15. The number of hydrogen-bond acceptors (Lipinski definition) is 3. The quantitative estimate of drug-likeness (QED) is 0.478. The molecule has 0 spiro atoms. The zero-order valence-electron chi connectivity index (χ0n) is 17.3. The third-order valence-electron chi connectivity index (χ3n) is 5.66. The fourth-order valence-electron chi connectivity index (χ4n) is 3.82. The van der Waals surface area contributed by atoms with Gasteiger partial charge < -0.3 is 15.2 Å². The summed E-state index contributed by atoms with van der Waals surface area (Å²) >= 11 is 0. The monoisotopic (exact) mass is 406 g/mol. The molecular formula is C24H27FN4O. The van der Waals surface area contributed by atoms with Crippen LogP contribution in [0.1, 0.15) is 36.1 Å². The molecule has 156 valence electrons. The summed E-state index contributed by atoms with van der Waals surface area (Å²) in [4.78, 5) is 6.56. The van der Waals surface area contributed by atoms with Gasteiger partial charge >= 0.3 is 0 Å². The number of aromatic nitrogens is 1. The fraction of sp³-hybridized carbons (Fsp3) is 0.333. The first kappa shape index (κ1) is 20.1. The molecule has 0 amide bonds. The number of aryl methyl sites for hydroxylation is 2. The molecule has 4 rings (SSSR count). The SMILES string of the molecule is Cc1c(N=C(N)N2CCCCC2)noc1CCc1ccc(-c2ccccc2)c(F)c1. The number of halogens is 1. The van der Waals surface area contributed by atoms with Crippen molar-refractivity contribution < 1.29 is 8.91 Å². The molecule has 1 saturated heterocycles. The Bertz CT molecular complexity index is 1020. The van der Waals surface area contributed by atoms with Crippen molar-refractivity contribution in [2.75, 3.05) is 13.1 Å². The Balaban J connectivity index is 1.43. The van der Waals surface area contributed by atoms with Crippen molar-refractivity contribution in [2.24, 2.45) is 10.7 Å². The topological polar surface area (TPSA) is 67.7 Å². The molecule has 2 heterocycles. The van der Waals surface area contributed by atoms with Crippen LogP contribution in [0.5, 0.6) is 0 Å². The summed E-state index contributed by atoms with van der Waals surface area (Å²) in [5.74, 6) is 1.57. The number of piperidine rings is 1. The van der Waals surface area contributed by atoms with E-state index in [-0.39, 0.29) is 5.82 Å². The Morgan fingerprint density at radius 1 is 1.10 bits per heavy atom. The van der Waals surface area contributed by atoms with Crippen LogP contribution in [0.4, 0.5) is 10.2 Å². The number of aliphatic imine (C=N–C) groups is 1. The van der Waals surface area contributed by atoms with Crippen LogP contribution in [0.15, 0.2) is 58.0 Å². The van der Waals surface area contributed by atoms with Gasteiger partial charge in [-0.1, -0.05) is 47.6 Å². The second kappa shape index (κ2) is 9.11. The van der Waals surface area contributed by atoms with E-state index in [1.54, 1.807) is 6.07 Å². The highest BCUT2D eigenvalue weighted by Crippen LogP contribution is 2.26.